The molecule has 4 nitrogen and oxygen atoms in total. The Labute approximate surface area is 108 Å². The maximum atomic E-state index is 11.9. The van der Waals surface area contributed by atoms with Gasteiger partial charge in [0.1, 0.15) is 0 Å². The van der Waals surface area contributed by atoms with Crippen LogP contribution in [0.1, 0.15) is 10.4 Å². The van der Waals surface area contributed by atoms with Crippen LogP contribution in [0.25, 0.3) is 0 Å². The van der Waals surface area contributed by atoms with Crippen molar-refractivity contribution in [3.63, 3.8) is 0 Å². The number of nitrogens with zero attached hydrogens (tertiary/aromatic N) is 2. The number of halogens is 1. The molecule has 1 aromatic heterocycles. The van der Waals surface area contributed by atoms with Crippen LogP contribution in [0.5, 0.6) is 0 Å². The van der Waals surface area contributed by atoms with Crippen LogP contribution in [0.3, 0.4) is 0 Å². The van der Waals surface area contributed by atoms with Crippen LogP contribution in [-0.4, -0.2) is 16.1 Å². The van der Waals surface area contributed by atoms with Crippen molar-refractivity contribution >= 4 is 36.0 Å². The summed E-state index contributed by atoms with van der Waals surface area (Å²) >= 11 is 9.79. The van der Waals surface area contributed by atoms with Crippen molar-refractivity contribution in [2.24, 2.45) is 0 Å². The summed E-state index contributed by atoms with van der Waals surface area (Å²) in [6, 6.07) is 10.1. The van der Waals surface area contributed by atoms with Gasteiger partial charge in [-0.1, -0.05) is 23.7 Å². The van der Waals surface area contributed by atoms with Crippen LogP contribution >= 0.6 is 24.2 Å². The Hall–Kier alpha value is -1.59. The highest BCUT2D eigenvalue weighted by Gasteiger charge is 2.09. The van der Waals surface area contributed by atoms with Crippen molar-refractivity contribution in [1.82, 2.24) is 10.2 Å². The van der Waals surface area contributed by atoms with Crippen molar-refractivity contribution < 1.29 is 4.79 Å². The van der Waals surface area contributed by atoms with Crippen molar-refractivity contribution in [3.8, 4) is 0 Å². The maximum absolute atomic E-state index is 11.9. The maximum Gasteiger partial charge on any atom is 0.257 e. The van der Waals surface area contributed by atoms with E-state index in [1.165, 1.54) is 0 Å². The van der Waals surface area contributed by atoms with Crippen LogP contribution in [0.2, 0.25) is 5.15 Å². The molecular weight excluding hydrogens is 258 g/mol. The Morgan fingerprint density at radius 1 is 1.18 bits per heavy atom. The lowest BCUT2D eigenvalue weighted by atomic mass is 10.2. The van der Waals surface area contributed by atoms with Crippen molar-refractivity contribution in [2.45, 2.75) is 4.90 Å². The number of hydrogen-bond acceptors (Lipinski definition) is 4. The summed E-state index contributed by atoms with van der Waals surface area (Å²) in [5.74, 6) is 0.0585. The van der Waals surface area contributed by atoms with Gasteiger partial charge in [0.2, 0.25) is 0 Å². The quantitative estimate of drug-likeness (QED) is 0.821. The largest absolute Gasteiger partial charge is 0.305 e. The molecule has 0 atom stereocenters. The van der Waals surface area contributed by atoms with Crippen molar-refractivity contribution in [2.75, 3.05) is 5.32 Å². The molecule has 6 heteroatoms. The molecule has 0 spiro atoms. The molecule has 0 fully saturated rings. The summed E-state index contributed by atoms with van der Waals surface area (Å²) in [5, 5.41) is 10.2. The van der Waals surface area contributed by atoms with Crippen LogP contribution in [0.4, 0.5) is 5.82 Å². The van der Waals surface area contributed by atoms with E-state index in [2.05, 4.69) is 28.1 Å². The third-order valence-corrected chi connectivity index (χ3v) is 2.61. The number of carbonyl (C=O) groups excluding carboxylic acids is 1. The number of hydrogen-bond donors (Lipinski definition) is 2. The van der Waals surface area contributed by atoms with E-state index in [4.69, 9.17) is 11.6 Å². The fourth-order valence-corrected chi connectivity index (χ4v) is 1.59. The van der Waals surface area contributed by atoms with E-state index in [1.54, 1.807) is 36.4 Å². The number of benzene rings is 1. The average Bonchev–Trinajstić information content (AvgIpc) is 2.32. The molecule has 0 saturated heterocycles. The third-order valence-electron chi connectivity index (χ3n) is 2.02. The van der Waals surface area contributed by atoms with Crippen molar-refractivity contribution in [1.29, 1.82) is 0 Å². The fraction of sp³-hybridized carbons (Fsp3) is 0. The molecule has 0 aliphatic heterocycles. The van der Waals surface area contributed by atoms with Crippen LogP contribution in [0.15, 0.2) is 41.3 Å². The Balaban J connectivity index is 2.17. The molecule has 2 rings (SSSR count). The van der Waals surface area contributed by atoms with E-state index in [9.17, 15) is 4.79 Å². The van der Waals surface area contributed by atoms with E-state index < -0.39 is 0 Å². The lowest BCUT2D eigenvalue weighted by Gasteiger charge is -2.05. The molecule has 0 aliphatic rings. The van der Waals surface area contributed by atoms with Gasteiger partial charge in [-0.05, 0) is 24.3 Å². The highest BCUT2D eigenvalue weighted by Crippen LogP contribution is 2.14. The van der Waals surface area contributed by atoms with E-state index in [1.807, 2.05) is 0 Å². The van der Waals surface area contributed by atoms with Gasteiger partial charge in [0.15, 0.2) is 11.0 Å². The first-order valence-corrected chi connectivity index (χ1v) is 5.58. The number of rotatable bonds is 2. The minimum Gasteiger partial charge on any atom is -0.305 e. The second-order valence-electron chi connectivity index (χ2n) is 3.21. The van der Waals surface area contributed by atoms with Gasteiger partial charge in [0.05, 0.1) is 5.56 Å². The average molecular weight is 266 g/mol. The minimum atomic E-state index is -0.285. The van der Waals surface area contributed by atoms with Gasteiger partial charge in [-0.3, -0.25) is 4.79 Å². The molecule has 1 amide bonds. The van der Waals surface area contributed by atoms with Crippen molar-refractivity contribution in [3.05, 3.63) is 47.1 Å². The van der Waals surface area contributed by atoms with Gasteiger partial charge in [-0.15, -0.1) is 22.8 Å². The monoisotopic (exact) mass is 265 g/mol. The molecule has 1 aromatic carbocycles. The fourth-order valence-electron chi connectivity index (χ4n) is 1.23. The summed E-state index contributed by atoms with van der Waals surface area (Å²) < 4.78 is 0. The van der Waals surface area contributed by atoms with Crippen LogP contribution in [-0.2, 0) is 0 Å². The summed E-state index contributed by atoms with van der Waals surface area (Å²) in [4.78, 5) is 12.5. The number of aromatic nitrogens is 2. The Morgan fingerprint density at radius 2 is 1.94 bits per heavy atom. The zero-order valence-electron chi connectivity index (χ0n) is 8.59. The number of amides is 1. The lowest BCUT2D eigenvalue weighted by Crippen LogP contribution is -2.13. The Kier molecular flexibility index (Phi) is 3.61. The molecule has 1 N–H and O–H groups in total. The molecule has 0 saturated carbocycles. The smallest absolute Gasteiger partial charge is 0.257 e. The molecule has 0 aliphatic carbocycles. The van der Waals surface area contributed by atoms with E-state index in [0.717, 1.165) is 0 Å². The highest BCUT2D eigenvalue weighted by molar-refractivity contribution is 7.80. The zero-order valence-corrected chi connectivity index (χ0v) is 10.2. The SMILES string of the molecule is O=C(Nc1ccc(Cl)nn1)c1ccccc1S. The number of thiol groups is 1. The second-order valence-corrected chi connectivity index (χ2v) is 4.08. The molecule has 86 valence electrons. The molecule has 0 bridgehead atoms. The van der Waals surface area contributed by atoms with Gasteiger partial charge in [0, 0.05) is 4.90 Å². The predicted molar refractivity (Wildman–Crippen MR) is 68.7 cm³/mol. The molecule has 0 radical (unpaired) electrons. The second kappa shape index (κ2) is 5.16. The van der Waals surface area contributed by atoms with Gasteiger partial charge in [0.25, 0.3) is 5.91 Å². The number of nitrogens with one attached hydrogen (secondary N) is 1. The van der Waals surface area contributed by atoms with Gasteiger partial charge >= 0.3 is 0 Å². The zero-order chi connectivity index (χ0) is 12.3. The molecule has 0 unspecified atom stereocenters. The summed E-state index contributed by atoms with van der Waals surface area (Å²) in [7, 11) is 0. The number of anilines is 1. The Bertz CT molecular complexity index is 545. The first-order chi connectivity index (χ1) is 8.16. The Morgan fingerprint density at radius 3 is 2.59 bits per heavy atom. The van der Waals surface area contributed by atoms with Crippen LogP contribution < -0.4 is 5.32 Å². The van der Waals surface area contributed by atoms with E-state index >= 15 is 0 Å². The highest BCUT2D eigenvalue weighted by atomic mass is 35.5. The van der Waals surface area contributed by atoms with Gasteiger partial charge < -0.3 is 5.32 Å². The third kappa shape index (κ3) is 2.95. The predicted octanol–water partition coefficient (Wildman–Crippen LogP) is 2.67. The molecule has 2 aromatic rings. The topological polar surface area (TPSA) is 54.9 Å². The lowest BCUT2D eigenvalue weighted by molar-refractivity contribution is 0.102. The summed E-state index contributed by atoms with van der Waals surface area (Å²) in [6.45, 7) is 0. The van der Waals surface area contributed by atoms with E-state index in [0.29, 0.717) is 16.3 Å². The van der Waals surface area contributed by atoms with Gasteiger partial charge in [-0.25, -0.2) is 0 Å². The summed E-state index contributed by atoms with van der Waals surface area (Å²) in [6.07, 6.45) is 0. The van der Waals surface area contributed by atoms with Crippen LogP contribution in [0, 0.1) is 0 Å². The minimum absolute atomic E-state index is 0.276. The molecule has 17 heavy (non-hydrogen) atoms. The molecular formula is C11H8ClN3OS. The van der Waals surface area contributed by atoms with E-state index in [-0.39, 0.29) is 11.1 Å². The normalized spacial score (nSPS) is 10.0. The first-order valence-electron chi connectivity index (χ1n) is 4.75. The molecule has 1 heterocycles. The summed E-state index contributed by atoms with van der Waals surface area (Å²) in [5.41, 5.74) is 0.479. The first kappa shape index (κ1) is 11.9. The number of carbonyl (C=O) groups is 1. The standard InChI is InChI=1S/C11H8ClN3OS/c12-9-5-6-10(15-14-9)13-11(16)7-3-1-2-4-8(7)17/h1-6,17H,(H,13,15,16). The van der Waals surface area contributed by atoms with Gasteiger partial charge in [-0.2, -0.15) is 0 Å².